The molecule has 0 aliphatic heterocycles. The summed E-state index contributed by atoms with van der Waals surface area (Å²) in [5.74, 6) is 1.12. The number of hydrogen-bond acceptors (Lipinski definition) is 1. The average Bonchev–Trinajstić information content (AvgIpc) is 2.99. The van der Waals surface area contributed by atoms with Gasteiger partial charge in [0.15, 0.2) is 5.78 Å². The van der Waals surface area contributed by atoms with Crippen molar-refractivity contribution in [2.24, 2.45) is 5.92 Å². The number of benzene rings is 1. The molecule has 1 nitrogen and oxygen atoms in total. The highest BCUT2D eigenvalue weighted by atomic mass is 79.9. The van der Waals surface area contributed by atoms with E-state index in [0.29, 0.717) is 6.42 Å². The lowest BCUT2D eigenvalue weighted by Gasteiger charge is -2.00. The standard InChI is InChI=1S/C12H13BrO/c13-11-6-4-10(5-7-11)12(14)8-3-9-1-2-9/h4-7,9H,1-3,8H2. The summed E-state index contributed by atoms with van der Waals surface area (Å²) >= 11 is 3.36. The Hall–Kier alpha value is -0.630. The van der Waals surface area contributed by atoms with Crippen LogP contribution < -0.4 is 0 Å². The minimum atomic E-state index is 0.282. The Morgan fingerprint density at radius 2 is 1.93 bits per heavy atom. The fraction of sp³-hybridized carbons (Fsp3) is 0.417. The molecule has 1 aliphatic rings. The summed E-state index contributed by atoms with van der Waals surface area (Å²) in [6, 6.07) is 7.62. The normalized spacial score (nSPS) is 15.5. The lowest BCUT2D eigenvalue weighted by Crippen LogP contribution is -1.98. The molecular weight excluding hydrogens is 240 g/mol. The van der Waals surface area contributed by atoms with Gasteiger partial charge in [0.05, 0.1) is 0 Å². The smallest absolute Gasteiger partial charge is 0.162 e. The zero-order valence-corrected chi connectivity index (χ0v) is 9.59. The second kappa shape index (κ2) is 4.26. The Morgan fingerprint density at radius 3 is 2.50 bits per heavy atom. The van der Waals surface area contributed by atoms with E-state index in [4.69, 9.17) is 0 Å². The fourth-order valence-electron chi connectivity index (χ4n) is 1.52. The van der Waals surface area contributed by atoms with Gasteiger partial charge in [-0.3, -0.25) is 4.79 Å². The third-order valence-corrected chi connectivity index (χ3v) is 3.17. The maximum absolute atomic E-state index is 11.7. The molecule has 0 heterocycles. The topological polar surface area (TPSA) is 17.1 Å². The molecule has 0 unspecified atom stereocenters. The van der Waals surface area contributed by atoms with Gasteiger partial charge < -0.3 is 0 Å². The summed E-state index contributed by atoms with van der Waals surface area (Å²) in [5, 5.41) is 0. The Morgan fingerprint density at radius 1 is 1.29 bits per heavy atom. The largest absolute Gasteiger partial charge is 0.294 e. The van der Waals surface area contributed by atoms with Crippen molar-refractivity contribution in [2.45, 2.75) is 25.7 Å². The van der Waals surface area contributed by atoms with Gasteiger partial charge in [0, 0.05) is 16.5 Å². The molecule has 1 aliphatic carbocycles. The molecule has 1 aromatic carbocycles. The lowest BCUT2D eigenvalue weighted by molar-refractivity contribution is 0.0978. The van der Waals surface area contributed by atoms with Gasteiger partial charge in [-0.25, -0.2) is 0 Å². The van der Waals surface area contributed by atoms with Crippen molar-refractivity contribution in [2.75, 3.05) is 0 Å². The Labute approximate surface area is 92.6 Å². The SMILES string of the molecule is O=C(CCC1CC1)c1ccc(Br)cc1. The van der Waals surface area contributed by atoms with Crippen molar-refractivity contribution >= 4 is 21.7 Å². The second-order valence-corrected chi connectivity index (χ2v) is 4.83. The lowest BCUT2D eigenvalue weighted by atomic mass is 10.1. The van der Waals surface area contributed by atoms with Gasteiger partial charge >= 0.3 is 0 Å². The molecule has 0 amide bonds. The monoisotopic (exact) mass is 252 g/mol. The van der Waals surface area contributed by atoms with Crippen molar-refractivity contribution in [1.29, 1.82) is 0 Å². The van der Waals surface area contributed by atoms with Crippen molar-refractivity contribution in [1.82, 2.24) is 0 Å². The maximum atomic E-state index is 11.7. The van der Waals surface area contributed by atoms with Gasteiger partial charge in [-0.05, 0) is 24.5 Å². The first-order valence-electron chi connectivity index (χ1n) is 5.04. The number of carbonyl (C=O) groups is 1. The van der Waals surface area contributed by atoms with Crippen LogP contribution >= 0.6 is 15.9 Å². The minimum Gasteiger partial charge on any atom is -0.294 e. The Kier molecular flexibility index (Phi) is 3.02. The zero-order valence-electron chi connectivity index (χ0n) is 8.00. The molecule has 0 N–H and O–H groups in total. The molecule has 1 fully saturated rings. The second-order valence-electron chi connectivity index (χ2n) is 3.91. The number of rotatable bonds is 4. The molecule has 0 aromatic heterocycles. The summed E-state index contributed by atoms with van der Waals surface area (Å²) in [4.78, 5) is 11.7. The maximum Gasteiger partial charge on any atom is 0.162 e. The van der Waals surface area contributed by atoms with Crippen LogP contribution in [0.4, 0.5) is 0 Å². The molecule has 1 aromatic rings. The fourth-order valence-corrected chi connectivity index (χ4v) is 1.79. The Balaban J connectivity index is 1.92. The molecule has 14 heavy (non-hydrogen) atoms. The molecule has 1 saturated carbocycles. The van der Waals surface area contributed by atoms with E-state index in [1.165, 1.54) is 12.8 Å². The van der Waals surface area contributed by atoms with Crippen LogP contribution in [0.3, 0.4) is 0 Å². The first kappa shape index (κ1) is 9.91. The molecule has 0 saturated heterocycles. The molecule has 2 rings (SSSR count). The van der Waals surface area contributed by atoms with Crippen molar-refractivity contribution in [3.05, 3.63) is 34.3 Å². The highest BCUT2D eigenvalue weighted by Crippen LogP contribution is 2.33. The highest BCUT2D eigenvalue weighted by Gasteiger charge is 2.21. The van der Waals surface area contributed by atoms with E-state index in [1.54, 1.807) is 0 Å². The first-order valence-corrected chi connectivity index (χ1v) is 5.84. The molecular formula is C12H13BrO. The van der Waals surface area contributed by atoms with Crippen LogP contribution in [-0.4, -0.2) is 5.78 Å². The van der Waals surface area contributed by atoms with E-state index >= 15 is 0 Å². The molecule has 74 valence electrons. The van der Waals surface area contributed by atoms with Crippen LogP contribution in [0.1, 0.15) is 36.0 Å². The van der Waals surface area contributed by atoms with E-state index in [1.807, 2.05) is 24.3 Å². The number of Topliss-reactive ketones (excluding diaryl/α,β-unsaturated/α-hetero) is 1. The van der Waals surface area contributed by atoms with Crippen LogP contribution in [-0.2, 0) is 0 Å². The van der Waals surface area contributed by atoms with Gasteiger partial charge in [-0.1, -0.05) is 40.9 Å². The molecule has 0 atom stereocenters. The zero-order chi connectivity index (χ0) is 9.97. The summed E-state index contributed by atoms with van der Waals surface area (Å²) < 4.78 is 1.02. The predicted molar refractivity (Wildman–Crippen MR) is 60.4 cm³/mol. The van der Waals surface area contributed by atoms with E-state index in [-0.39, 0.29) is 5.78 Å². The van der Waals surface area contributed by atoms with E-state index in [9.17, 15) is 4.79 Å². The van der Waals surface area contributed by atoms with Gasteiger partial charge in [-0.2, -0.15) is 0 Å². The van der Waals surface area contributed by atoms with Gasteiger partial charge in [-0.15, -0.1) is 0 Å². The molecule has 0 spiro atoms. The van der Waals surface area contributed by atoms with Crippen molar-refractivity contribution < 1.29 is 4.79 Å². The van der Waals surface area contributed by atoms with E-state index in [0.717, 1.165) is 22.4 Å². The molecule has 2 heteroatoms. The third-order valence-electron chi connectivity index (χ3n) is 2.64. The molecule has 0 radical (unpaired) electrons. The first-order chi connectivity index (χ1) is 6.75. The number of ketones is 1. The summed E-state index contributed by atoms with van der Waals surface area (Å²) in [6.45, 7) is 0. The number of carbonyl (C=O) groups excluding carboxylic acids is 1. The average molecular weight is 253 g/mol. The van der Waals surface area contributed by atoms with Gasteiger partial charge in [0.1, 0.15) is 0 Å². The Bertz CT molecular complexity index is 325. The summed E-state index contributed by atoms with van der Waals surface area (Å²) in [5.41, 5.74) is 0.842. The van der Waals surface area contributed by atoms with Crippen LogP contribution in [0, 0.1) is 5.92 Å². The van der Waals surface area contributed by atoms with Crippen molar-refractivity contribution in [3.8, 4) is 0 Å². The van der Waals surface area contributed by atoms with Gasteiger partial charge in [0.2, 0.25) is 0 Å². The van der Waals surface area contributed by atoms with Crippen LogP contribution in [0.25, 0.3) is 0 Å². The number of halogens is 1. The van der Waals surface area contributed by atoms with Gasteiger partial charge in [0.25, 0.3) is 0 Å². The van der Waals surface area contributed by atoms with Crippen molar-refractivity contribution in [3.63, 3.8) is 0 Å². The highest BCUT2D eigenvalue weighted by molar-refractivity contribution is 9.10. The molecule has 0 bridgehead atoms. The predicted octanol–water partition coefficient (Wildman–Crippen LogP) is 3.82. The third kappa shape index (κ3) is 2.68. The number of hydrogen-bond donors (Lipinski definition) is 0. The summed E-state index contributed by atoms with van der Waals surface area (Å²) in [6.07, 6.45) is 4.45. The van der Waals surface area contributed by atoms with E-state index in [2.05, 4.69) is 15.9 Å². The van der Waals surface area contributed by atoms with E-state index < -0.39 is 0 Å². The van der Waals surface area contributed by atoms with Crippen LogP contribution in [0.5, 0.6) is 0 Å². The van der Waals surface area contributed by atoms with Crippen LogP contribution in [0.2, 0.25) is 0 Å². The summed E-state index contributed by atoms with van der Waals surface area (Å²) in [7, 11) is 0. The minimum absolute atomic E-state index is 0.282. The van der Waals surface area contributed by atoms with Crippen LogP contribution in [0.15, 0.2) is 28.7 Å². The quantitative estimate of drug-likeness (QED) is 0.745.